The lowest BCUT2D eigenvalue weighted by atomic mass is 9.99. The van der Waals surface area contributed by atoms with Crippen LogP contribution in [0.2, 0.25) is 0 Å². The van der Waals surface area contributed by atoms with Crippen LogP contribution in [0.3, 0.4) is 0 Å². The average Bonchev–Trinajstić information content (AvgIpc) is 3.04. The molecule has 27 heavy (non-hydrogen) atoms. The van der Waals surface area contributed by atoms with E-state index in [0.717, 1.165) is 17.7 Å². The zero-order valence-corrected chi connectivity index (χ0v) is 16.8. The molecule has 1 aliphatic heterocycles. The third-order valence-electron chi connectivity index (χ3n) is 4.40. The van der Waals surface area contributed by atoms with Gasteiger partial charge in [-0.15, -0.1) is 0 Å². The highest BCUT2D eigenvalue weighted by Crippen LogP contribution is 2.24. The number of thioether (sulfide) groups is 1. The van der Waals surface area contributed by atoms with Gasteiger partial charge >= 0.3 is 5.97 Å². The number of anilines is 1. The molecule has 8 heteroatoms. The molecule has 0 bridgehead atoms. The fourth-order valence-corrected chi connectivity index (χ4v) is 3.42. The van der Waals surface area contributed by atoms with Gasteiger partial charge in [0.1, 0.15) is 12.6 Å². The second kappa shape index (κ2) is 9.55. The van der Waals surface area contributed by atoms with Crippen molar-refractivity contribution in [2.45, 2.75) is 33.2 Å². The first kappa shape index (κ1) is 21.0. The van der Waals surface area contributed by atoms with E-state index < -0.39 is 12.0 Å². The Hall–Kier alpha value is -2.35. The Bertz CT molecular complexity index is 733. The van der Waals surface area contributed by atoms with Crippen molar-refractivity contribution in [1.29, 1.82) is 0 Å². The van der Waals surface area contributed by atoms with Crippen LogP contribution in [0.4, 0.5) is 5.69 Å². The number of hydrogen-bond donors (Lipinski definition) is 1. The van der Waals surface area contributed by atoms with Crippen LogP contribution in [0, 0.1) is 12.8 Å². The molecule has 0 saturated heterocycles. The average molecular weight is 391 g/mol. The summed E-state index contributed by atoms with van der Waals surface area (Å²) in [4.78, 5) is 42.2. The molecule has 0 radical (unpaired) electrons. The smallest absolute Gasteiger partial charge is 0.328 e. The third kappa shape index (κ3) is 5.32. The van der Waals surface area contributed by atoms with Crippen molar-refractivity contribution in [2.24, 2.45) is 10.9 Å². The van der Waals surface area contributed by atoms with Crippen LogP contribution in [0.5, 0.6) is 0 Å². The molecule has 1 aliphatic rings. The van der Waals surface area contributed by atoms with E-state index in [0.29, 0.717) is 5.17 Å². The maximum absolute atomic E-state index is 12.3. The molecule has 0 aliphatic carbocycles. The Morgan fingerprint density at radius 3 is 2.59 bits per heavy atom. The summed E-state index contributed by atoms with van der Waals surface area (Å²) in [5, 5.41) is 3.21. The summed E-state index contributed by atoms with van der Waals surface area (Å²) in [6.45, 7) is 5.86. The van der Waals surface area contributed by atoms with Crippen molar-refractivity contribution in [3.63, 3.8) is 0 Å². The van der Waals surface area contributed by atoms with Gasteiger partial charge in [-0.05, 0) is 25.0 Å². The lowest BCUT2D eigenvalue weighted by Crippen LogP contribution is -2.46. The number of ether oxygens (including phenoxy) is 1. The molecule has 0 spiro atoms. The molecule has 1 heterocycles. The number of rotatable bonds is 7. The van der Waals surface area contributed by atoms with Crippen molar-refractivity contribution >= 4 is 40.4 Å². The number of benzene rings is 1. The van der Waals surface area contributed by atoms with Gasteiger partial charge in [-0.1, -0.05) is 49.7 Å². The van der Waals surface area contributed by atoms with Crippen molar-refractivity contribution in [2.75, 3.05) is 24.3 Å². The number of nitrogens with one attached hydrogen (secondary N) is 1. The van der Waals surface area contributed by atoms with E-state index in [1.807, 2.05) is 45.0 Å². The number of hydrogen-bond acceptors (Lipinski definition) is 6. The highest BCUT2D eigenvalue weighted by Gasteiger charge is 2.30. The first-order valence-electron chi connectivity index (χ1n) is 8.81. The topological polar surface area (TPSA) is 88.1 Å². The molecule has 146 valence electrons. The number of nitrogens with zero attached hydrogens (tertiary/aromatic N) is 2. The summed E-state index contributed by atoms with van der Waals surface area (Å²) >= 11 is 1.17. The summed E-state index contributed by atoms with van der Waals surface area (Å²) in [5.74, 6) is -0.882. The van der Waals surface area contributed by atoms with Gasteiger partial charge in [0.25, 0.3) is 5.91 Å². The predicted molar refractivity (Wildman–Crippen MR) is 107 cm³/mol. The molecule has 0 saturated carbocycles. The molecular formula is C19H25N3O4S. The van der Waals surface area contributed by atoms with Gasteiger partial charge in [0, 0.05) is 0 Å². The molecule has 1 N–H and O–H groups in total. The Kier molecular flexibility index (Phi) is 7.41. The molecule has 0 unspecified atom stereocenters. The predicted octanol–water partition coefficient (Wildman–Crippen LogP) is 2.13. The van der Waals surface area contributed by atoms with Crippen LogP contribution in [-0.4, -0.2) is 48.4 Å². The van der Waals surface area contributed by atoms with Gasteiger partial charge in [-0.2, -0.15) is 0 Å². The lowest BCUT2D eigenvalue weighted by Gasteiger charge is -2.22. The van der Waals surface area contributed by atoms with Crippen LogP contribution in [0.15, 0.2) is 29.3 Å². The first-order valence-corrected chi connectivity index (χ1v) is 9.80. The second-order valence-electron chi connectivity index (χ2n) is 6.41. The van der Waals surface area contributed by atoms with E-state index >= 15 is 0 Å². The van der Waals surface area contributed by atoms with Crippen LogP contribution in [-0.2, 0) is 19.1 Å². The van der Waals surface area contributed by atoms with Crippen LogP contribution < -0.4 is 10.2 Å². The van der Waals surface area contributed by atoms with Gasteiger partial charge in [0.15, 0.2) is 5.17 Å². The van der Waals surface area contributed by atoms with Crippen LogP contribution in [0.1, 0.15) is 25.8 Å². The van der Waals surface area contributed by atoms with E-state index in [-0.39, 0.29) is 30.0 Å². The minimum atomic E-state index is -0.687. The fourth-order valence-electron chi connectivity index (χ4n) is 2.58. The minimum absolute atomic E-state index is 0.0409. The molecule has 1 aromatic carbocycles. The Morgan fingerprint density at radius 2 is 2.00 bits per heavy atom. The van der Waals surface area contributed by atoms with E-state index in [1.54, 1.807) is 0 Å². The van der Waals surface area contributed by atoms with Crippen molar-refractivity contribution < 1.29 is 19.1 Å². The Morgan fingerprint density at radius 1 is 1.33 bits per heavy atom. The number of methoxy groups -OCH3 is 1. The largest absolute Gasteiger partial charge is 0.467 e. The maximum Gasteiger partial charge on any atom is 0.328 e. The van der Waals surface area contributed by atoms with E-state index in [9.17, 15) is 14.4 Å². The lowest BCUT2D eigenvalue weighted by molar-refractivity contribution is -0.146. The van der Waals surface area contributed by atoms with E-state index in [1.165, 1.54) is 23.8 Å². The summed E-state index contributed by atoms with van der Waals surface area (Å²) < 4.78 is 4.78. The fraction of sp³-hybridized carbons (Fsp3) is 0.474. The standard InChI is InChI=1S/C19H25N3O4S/c1-5-13(3)17(18(25)26-4)21-15(23)11-27-19-20-10-16(24)22(19)14-8-6-12(2)7-9-14/h6-9,13,17H,5,10-11H2,1-4H3,(H,21,23)/t13-,17-/m1/s1. The molecular weight excluding hydrogens is 366 g/mol. The Balaban J connectivity index is 1.99. The summed E-state index contributed by atoms with van der Waals surface area (Å²) in [7, 11) is 1.30. The number of amidine groups is 1. The zero-order valence-electron chi connectivity index (χ0n) is 16.0. The van der Waals surface area contributed by atoms with Gasteiger partial charge in [-0.25, -0.2) is 4.79 Å². The van der Waals surface area contributed by atoms with Crippen molar-refractivity contribution in [3.05, 3.63) is 29.8 Å². The van der Waals surface area contributed by atoms with Gasteiger partial charge in [0.05, 0.1) is 18.6 Å². The second-order valence-corrected chi connectivity index (χ2v) is 7.35. The molecule has 0 fully saturated rings. The van der Waals surface area contributed by atoms with E-state index in [4.69, 9.17) is 4.74 Å². The highest BCUT2D eigenvalue weighted by molar-refractivity contribution is 8.14. The van der Waals surface area contributed by atoms with Crippen LogP contribution >= 0.6 is 11.8 Å². The van der Waals surface area contributed by atoms with Gasteiger partial charge in [0.2, 0.25) is 5.91 Å². The SMILES string of the molecule is CC[C@@H](C)[C@@H](NC(=O)CSC1=NCC(=O)N1c1ccc(C)cc1)C(=O)OC. The number of carbonyl (C=O) groups is 3. The van der Waals surface area contributed by atoms with Crippen molar-refractivity contribution in [3.8, 4) is 0 Å². The zero-order chi connectivity index (χ0) is 20.0. The number of aliphatic imine (C=N–C) groups is 1. The molecule has 7 nitrogen and oxygen atoms in total. The molecule has 1 aromatic rings. The summed E-state index contributed by atoms with van der Waals surface area (Å²) in [5.41, 5.74) is 1.82. The maximum atomic E-state index is 12.3. The van der Waals surface area contributed by atoms with Crippen LogP contribution in [0.25, 0.3) is 0 Å². The minimum Gasteiger partial charge on any atom is -0.467 e. The van der Waals surface area contributed by atoms with Gasteiger partial charge in [-0.3, -0.25) is 19.5 Å². The van der Waals surface area contributed by atoms with Crippen molar-refractivity contribution in [1.82, 2.24) is 5.32 Å². The quantitative estimate of drug-likeness (QED) is 0.720. The Labute approximate surface area is 163 Å². The molecule has 2 rings (SSSR count). The molecule has 2 atom stereocenters. The molecule has 2 amide bonds. The highest BCUT2D eigenvalue weighted by atomic mass is 32.2. The monoisotopic (exact) mass is 391 g/mol. The van der Waals surface area contributed by atoms with E-state index in [2.05, 4.69) is 10.3 Å². The first-order chi connectivity index (χ1) is 12.9. The molecule has 0 aromatic heterocycles. The number of esters is 1. The number of carbonyl (C=O) groups excluding carboxylic acids is 3. The summed E-state index contributed by atoms with van der Waals surface area (Å²) in [6.07, 6.45) is 0.732. The normalized spacial score (nSPS) is 15.9. The number of aryl methyl sites for hydroxylation is 1. The summed E-state index contributed by atoms with van der Waals surface area (Å²) in [6, 6.07) is 6.86. The number of amides is 2. The van der Waals surface area contributed by atoms with Gasteiger partial charge < -0.3 is 10.1 Å². The third-order valence-corrected chi connectivity index (χ3v) is 5.38.